The van der Waals surface area contributed by atoms with Crippen molar-refractivity contribution in [2.24, 2.45) is 5.92 Å². The highest BCUT2D eigenvalue weighted by atomic mass is 16.4. The monoisotopic (exact) mass is 391 g/mol. The lowest BCUT2D eigenvalue weighted by atomic mass is 9.79. The second kappa shape index (κ2) is 7.87. The first kappa shape index (κ1) is 19.6. The summed E-state index contributed by atoms with van der Waals surface area (Å²) in [5.74, 6) is -4.46. The van der Waals surface area contributed by atoms with Crippen LogP contribution in [0.15, 0.2) is 40.4 Å². The number of aliphatic carboxylic acids is 3. The van der Waals surface area contributed by atoms with Crippen LogP contribution in [0.25, 0.3) is 5.57 Å². The molecule has 0 saturated carbocycles. The first-order valence-electron chi connectivity index (χ1n) is 8.81. The summed E-state index contributed by atoms with van der Waals surface area (Å²) in [4.78, 5) is 36.7. The van der Waals surface area contributed by atoms with E-state index in [4.69, 9.17) is 9.52 Å². The molecule has 3 unspecified atom stereocenters. The molecule has 28 heavy (non-hydrogen) atoms. The van der Waals surface area contributed by atoms with Crippen molar-refractivity contribution < 1.29 is 34.1 Å². The maximum Gasteiger partial charge on any atom is 0.352 e. The van der Waals surface area contributed by atoms with Crippen LogP contribution in [0.3, 0.4) is 0 Å². The van der Waals surface area contributed by atoms with Gasteiger partial charge in [0.05, 0.1) is 30.2 Å². The number of carboxylic acid groups (broad SMARTS) is 3. The van der Waals surface area contributed by atoms with Gasteiger partial charge in [-0.15, -0.1) is 0 Å². The maximum absolute atomic E-state index is 12.3. The highest BCUT2D eigenvalue weighted by molar-refractivity contribution is 6.00. The second-order valence-corrected chi connectivity index (χ2v) is 6.61. The van der Waals surface area contributed by atoms with Gasteiger partial charge in [0, 0.05) is 18.0 Å². The average Bonchev–Trinajstić information content (AvgIpc) is 3.30. The summed E-state index contributed by atoms with van der Waals surface area (Å²) in [5.41, 5.74) is 6.66. The van der Waals surface area contributed by atoms with Crippen molar-refractivity contribution in [3.05, 3.63) is 41.5 Å². The van der Waals surface area contributed by atoms with Crippen molar-refractivity contribution >= 4 is 23.5 Å². The molecule has 2 aliphatic rings. The van der Waals surface area contributed by atoms with Crippen LogP contribution in [0, 0.1) is 5.92 Å². The van der Waals surface area contributed by atoms with Gasteiger partial charge in [-0.1, -0.05) is 13.3 Å². The van der Waals surface area contributed by atoms with E-state index in [1.54, 1.807) is 6.07 Å². The minimum absolute atomic E-state index is 0.0486. The Bertz CT molecular complexity index is 843. The van der Waals surface area contributed by atoms with Gasteiger partial charge in [0.2, 0.25) is 0 Å². The van der Waals surface area contributed by atoms with E-state index in [-0.39, 0.29) is 5.57 Å². The molecule has 3 atom stereocenters. The van der Waals surface area contributed by atoms with E-state index in [2.05, 4.69) is 10.9 Å². The van der Waals surface area contributed by atoms with Gasteiger partial charge in [-0.3, -0.25) is 5.43 Å². The Morgan fingerprint density at radius 2 is 2.07 bits per heavy atom. The van der Waals surface area contributed by atoms with Crippen LogP contribution in [0.1, 0.15) is 25.3 Å². The molecule has 10 nitrogen and oxygen atoms in total. The fourth-order valence-corrected chi connectivity index (χ4v) is 4.00. The standard InChI is InChI=1S/C18H21N3O7/c1-2-3-11-15(18(26)27)14(9-4-5-28-8-9)10-7-19-20-16(10)21(11)12(17(24)25)6-13(22)23/h4-6,8,10-11,16,19-20H,2-3,7H2,1H3,(H,22,23)(H,24,25)(H,26,27)/b12-6-. The van der Waals surface area contributed by atoms with Gasteiger partial charge in [0.1, 0.15) is 11.9 Å². The number of nitrogens with zero attached hydrogens (tertiary/aromatic N) is 1. The predicted molar refractivity (Wildman–Crippen MR) is 95.6 cm³/mol. The summed E-state index contributed by atoms with van der Waals surface area (Å²) in [6.45, 7) is 2.19. The molecule has 0 aliphatic carbocycles. The van der Waals surface area contributed by atoms with Crippen LogP contribution in [-0.2, 0) is 14.4 Å². The van der Waals surface area contributed by atoms with Gasteiger partial charge >= 0.3 is 17.9 Å². The molecule has 10 heteroatoms. The number of carbonyl (C=O) groups is 3. The molecule has 0 radical (unpaired) electrons. The quantitative estimate of drug-likeness (QED) is 0.420. The van der Waals surface area contributed by atoms with Crippen LogP contribution < -0.4 is 10.9 Å². The van der Waals surface area contributed by atoms with Gasteiger partial charge in [-0.05, 0) is 18.1 Å². The zero-order chi connectivity index (χ0) is 20.4. The highest BCUT2D eigenvalue weighted by Gasteiger charge is 2.49. The van der Waals surface area contributed by atoms with E-state index in [1.165, 1.54) is 17.4 Å². The summed E-state index contributed by atoms with van der Waals surface area (Å²) in [5, 5.41) is 28.8. The molecular formula is C18H21N3O7. The molecule has 1 aromatic heterocycles. The van der Waals surface area contributed by atoms with E-state index >= 15 is 0 Å². The van der Waals surface area contributed by atoms with Gasteiger partial charge in [0.25, 0.3) is 0 Å². The molecule has 1 saturated heterocycles. The summed E-state index contributed by atoms with van der Waals surface area (Å²) in [6.07, 6.45) is 3.77. The van der Waals surface area contributed by atoms with E-state index in [1.807, 2.05) is 6.92 Å². The van der Waals surface area contributed by atoms with E-state index in [0.29, 0.717) is 36.6 Å². The van der Waals surface area contributed by atoms with Crippen molar-refractivity contribution in [2.45, 2.75) is 32.0 Å². The number of fused-ring (bicyclic) bond motifs is 1. The highest BCUT2D eigenvalue weighted by Crippen LogP contribution is 2.42. The Labute approximate surface area is 160 Å². The van der Waals surface area contributed by atoms with Gasteiger partial charge in [-0.2, -0.15) is 0 Å². The summed E-state index contributed by atoms with van der Waals surface area (Å²) < 4.78 is 5.14. The average molecular weight is 391 g/mol. The molecule has 3 heterocycles. The lowest BCUT2D eigenvalue weighted by Gasteiger charge is -2.45. The van der Waals surface area contributed by atoms with Crippen molar-refractivity contribution in [2.75, 3.05) is 6.54 Å². The smallest absolute Gasteiger partial charge is 0.352 e. The predicted octanol–water partition coefficient (Wildman–Crippen LogP) is 0.705. The molecule has 0 amide bonds. The summed E-state index contributed by atoms with van der Waals surface area (Å²) in [6, 6.07) is 0.833. The number of hydrogen-bond donors (Lipinski definition) is 5. The third-order valence-electron chi connectivity index (χ3n) is 4.96. The Morgan fingerprint density at radius 1 is 1.32 bits per heavy atom. The van der Waals surface area contributed by atoms with Crippen LogP contribution in [0.5, 0.6) is 0 Å². The zero-order valence-corrected chi connectivity index (χ0v) is 15.1. The van der Waals surface area contributed by atoms with E-state index in [9.17, 15) is 24.6 Å². The van der Waals surface area contributed by atoms with Gasteiger partial charge < -0.3 is 24.6 Å². The number of carboxylic acids is 3. The van der Waals surface area contributed by atoms with Crippen LogP contribution >= 0.6 is 0 Å². The third-order valence-corrected chi connectivity index (χ3v) is 4.96. The molecule has 150 valence electrons. The number of nitrogens with one attached hydrogen (secondary N) is 2. The molecule has 0 aromatic carbocycles. The maximum atomic E-state index is 12.3. The Balaban J connectivity index is 2.26. The first-order chi connectivity index (χ1) is 13.4. The van der Waals surface area contributed by atoms with E-state index in [0.717, 1.165) is 0 Å². The molecule has 1 aromatic rings. The second-order valence-electron chi connectivity index (χ2n) is 6.61. The van der Waals surface area contributed by atoms with Crippen molar-refractivity contribution in [1.29, 1.82) is 0 Å². The van der Waals surface area contributed by atoms with Gasteiger partial charge in [-0.25, -0.2) is 19.8 Å². The molecular weight excluding hydrogens is 370 g/mol. The van der Waals surface area contributed by atoms with Gasteiger partial charge in [0.15, 0.2) is 0 Å². The third kappa shape index (κ3) is 3.39. The molecule has 0 spiro atoms. The molecule has 1 fully saturated rings. The van der Waals surface area contributed by atoms with Crippen molar-refractivity contribution in [1.82, 2.24) is 15.8 Å². The van der Waals surface area contributed by atoms with Crippen molar-refractivity contribution in [3.8, 4) is 0 Å². The Kier molecular flexibility index (Phi) is 5.52. The number of rotatable bonds is 7. The first-order valence-corrected chi connectivity index (χ1v) is 8.81. The molecule has 3 rings (SSSR count). The number of furan rings is 1. The van der Waals surface area contributed by atoms with Crippen LogP contribution in [0.4, 0.5) is 0 Å². The SMILES string of the molecule is CCCC1C(C(=O)O)=C(c2ccoc2)C2CNNC2N1/C(=C\C(=O)O)C(=O)O. The largest absolute Gasteiger partial charge is 0.478 e. The summed E-state index contributed by atoms with van der Waals surface area (Å²) in [7, 11) is 0. The van der Waals surface area contributed by atoms with Crippen LogP contribution in [-0.4, -0.2) is 56.9 Å². The summed E-state index contributed by atoms with van der Waals surface area (Å²) >= 11 is 0. The Morgan fingerprint density at radius 3 is 2.61 bits per heavy atom. The molecule has 5 N–H and O–H groups in total. The zero-order valence-electron chi connectivity index (χ0n) is 15.1. The number of hydrazine groups is 1. The number of hydrogen-bond acceptors (Lipinski definition) is 7. The van der Waals surface area contributed by atoms with Crippen LogP contribution in [0.2, 0.25) is 0 Å². The minimum Gasteiger partial charge on any atom is -0.478 e. The molecule has 2 aliphatic heterocycles. The lowest BCUT2D eigenvalue weighted by molar-refractivity contribution is -0.138. The molecule has 0 bridgehead atoms. The lowest BCUT2D eigenvalue weighted by Crippen LogP contribution is -2.57. The van der Waals surface area contributed by atoms with E-state index < -0.39 is 41.7 Å². The van der Waals surface area contributed by atoms with Crippen molar-refractivity contribution in [3.63, 3.8) is 0 Å². The topological polar surface area (TPSA) is 152 Å². The minimum atomic E-state index is -1.44. The fourth-order valence-electron chi connectivity index (χ4n) is 4.00. The fraction of sp³-hybridized carbons (Fsp3) is 0.389. The Hall–Kier alpha value is -3.11. The normalized spacial score (nSPS) is 25.0.